The number of rotatable bonds is 7. The summed E-state index contributed by atoms with van der Waals surface area (Å²) in [5.41, 5.74) is 2.47. The highest BCUT2D eigenvalue weighted by Crippen LogP contribution is 2.17. The van der Waals surface area contributed by atoms with E-state index in [-0.39, 0.29) is 17.2 Å². The fourth-order valence-corrected chi connectivity index (χ4v) is 3.95. The Morgan fingerprint density at radius 2 is 1.66 bits per heavy atom. The van der Waals surface area contributed by atoms with Gasteiger partial charge < -0.3 is 0 Å². The Hall–Kier alpha value is -2.73. The van der Waals surface area contributed by atoms with Crippen LogP contribution < -0.4 is 4.72 Å². The number of Topliss-reactive ketones (excluding diaryl/α,β-unsaturated/α-hetero) is 1. The molecular weight excluding hydrogens is 406 g/mol. The van der Waals surface area contributed by atoms with Gasteiger partial charge in [0.1, 0.15) is 0 Å². The van der Waals surface area contributed by atoms with Crippen LogP contribution >= 0.6 is 11.6 Å². The molecule has 0 saturated carbocycles. The molecule has 0 aromatic heterocycles. The van der Waals surface area contributed by atoms with Gasteiger partial charge in [0, 0.05) is 22.7 Å². The minimum Gasteiger partial charge on any atom is -0.289 e. The predicted octanol–water partition coefficient (Wildman–Crippen LogP) is 4.89. The van der Waals surface area contributed by atoms with Crippen molar-refractivity contribution < 1.29 is 13.2 Å². The molecule has 4 nitrogen and oxygen atoms in total. The van der Waals surface area contributed by atoms with E-state index in [1.807, 2.05) is 13.0 Å². The third-order valence-electron chi connectivity index (χ3n) is 4.30. The van der Waals surface area contributed by atoms with Crippen molar-refractivity contribution in [3.8, 4) is 0 Å². The molecule has 3 rings (SSSR count). The van der Waals surface area contributed by atoms with Crippen LogP contribution in [-0.4, -0.2) is 20.7 Å². The average molecular weight is 426 g/mol. The Morgan fingerprint density at radius 1 is 0.966 bits per heavy atom. The van der Waals surface area contributed by atoms with Gasteiger partial charge in [-0.1, -0.05) is 71.8 Å². The first kappa shape index (κ1) is 21.0. The second-order valence-electron chi connectivity index (χ2n) is 6.56. The smallest absolute Gasteiger partial charge is 0.240 e. The summed E-state index contributed by atoms with van der Waals surface area (Å²) in [4.78, 5) is 13.1. The normalized spacial score (nSPS) is 12.0. The largest absolute Gasteiger partial charge is 0.289 e. The molecule has 148 valence electrons. The molecular formula is C23H20ClNO3S. The Morgan fingerprint density at radius 3 is 2.31 bits per heavy atom. The maximum Gasteiger partial charge on any atom is 0.240 e. The number of benzene rings is 3. The summed E-state index contributed by atoms with van der Waals surface area (Å²) >= 11 is 6.04. The molecule has 0 spiro atoms. The van der Waals surface area contributed by atoms with Crippen molar-refractivity contribution in [1.82, 2.24) is 4.72 Å². The van der Waals surface area contributed by atoms with E-state index in [0.29, 0.717) is 21.7 Å². The van der Waals surface area contributed by atoms with Gasteiger partial charge >= 0.3 is 0 Å². The van der Waals surface area contributed by atoms with E-state index in [9.17, 15) is 13.2 Å². The molecule has 0 saturated heterocycles. The lowest BCUT2D eigenvalue weighted by atomic mass is 10.0. The van der Waals surface area contributed by atoms with Crippen LogP contribution in [0.1, 0.15) is 21.5 Å². The van der Waals surface area contributed by atoms with Crippen molar-refractivity contribution in [2.24, 2.45) is 0 Å². The van der Waals surface area contributed by atoms with E-state index in [1.165, 1.54) is 12.1 Å². The fourth-order valence-electron chi connectivity index (χ4n) is 2.74. The van der Waals surface area contributed by atoms with Crippen LogP contribution in [0.5, 0.6) is 0 Å². The van der Waals surface area contributed by atoms with Crippen LogP contribution in [0.15, 0.2) is 89.3 Å². The number of aryl methyl sites for hydroxylation is 1. The second-order valence-corrected chi connectivity index (χ2v) is 8.76. The molecule has 0 aliphatic carbocycles. The molecule has 6 heteroatoms. The monoisotopic (exact) mass is 425 g/mol. The molecule has 1 N–H and O–H groups in total. The summed E-state index contributed by atoms with van der Waals surface area (Å²) in [6.45, 7) is 1.74. The first-order valence-corrected chi connectivity index (χ1v) is 10.8. The minimum absolute atomic E-state index is 0.142. The Bertz CT molecular complexity index is 1140. The lowest BCUT2D eigenvalue weighted by molar-refractivity contribution is 0.103. The molecule has 3 aromatic rings. The maximum atomic E-state index is 13.0. The van der Waals surface area contributed by atoms with Crippen molar-refractivity contribution in [2.45, 2.75) is 11.8 Å². The van der Waals surface area contributed by atoms with Crippen molar-refractivity contribution in [1.29, 1.82) is 0 Å². The van der Waals surface area contributed by atoms with E-state index >= 15 is 0 Å². The summed E-state index contributed by atoms with van der Waals surface area (Å²) < 4.78 is 27.8. The van der Waals surface area contributed by atoms with Crippen LogP contribution in [0.4, 0.5) is 0 Å². The van der Waals surface area contributed by atoms with Gasteiger partial charge in [0.25, 0.3) is 0 Å². The van der Waals surface area contributed by atoms with Crippen LogP contribution in [0.3, 0.4) is 0 Å². The number of halogens is 1. The zero-order chi connectivity index (χ0) is 20.9. The van der Waals surface area contributed by atoms with Crippen molar-refractivity contribution in [3.63, 3.8) is 0 Å². The number of nitrogens with one attached hydrogen (secondary N) is 1. The van der Waals surface area contributed by atoms with Gasteiger partial charge in [0.15, 0.2) is 5.78 Å². The molecule has 29 heavy (non-hydrogen) atoms. The topological polar surface area (TPSA) is 63.2 Å². The van der Waals surface area contributed by atoms with Crippen molar-refractivity contribution in [3.05, 3.63) is 106 Å². The number of carbonyl (C=O) groups is 1. The second kappa shape index (κ2) is 9.18. The van der Waals surface area contributed by atoms with Crippen LogP contribution in [0.2, 0.25) is 5.02 Å². The summed E-state index contributed by atoms with van der Waals surface area (Å²) in [5.74, 6) is -0.253. The molecule has 0 fully saturated rings. The number of sulfonamides is 1. The zero-order valence-electron chi connectivity index (χ0n) is 15.8. The van der Waals surface area contributed by atoms with Gasteiger partial charge in [-0.05, 0) is 42.8 Å². The molecule has 0 amide bonds. The van der Waals surface area contributed by atoms with Crippen LogP contribution in [-0.2, 0) is 10.0 Å². The molecule has 3 aromatic carbocycles. The lowest BCUT2D eigenvalue weighted by Crippen LogP contribution is -2.28. The Balaban J connectivity index is 1.91. The molecule has 0 aliphatic rings. The first-order chi connectivity index (χ1) is 13.8. The number of ketones is 1. The number of carbonyl (C=O) groups excluding carboxylic acids is 1. The van der Waals surface area contributed by atoms with E-state index in [2.05, 4.69) is 4.72 Å². The average Bonchev–Trinajstić information content (AvgIpc) is 2.71. The minimum atomic E-state index is -3.76. The molecule has 0 unspecified atom stereocenters. The third-order valence-corrected chi connectivity index (χ3v) is 5.95. The SMILES string of the molecule is Cc1ccc(S(=O)(=O)NC/C(=C\c2cccc(Cl)c2)C(=O)c2ccccc2)cc1. The quantitative estimate of drug-likeness (QED) is 0.433. The fraction of sp³-hybridized carbons (Fsp3) is 0.0870. The van der Waals surface area contributed by atoms with Gasteiger partial charge in [-0.2, -0.15) is 0 Å². The summed E-state index contributed by atoms with van der Waals surface area (Å²) in [6, 6.07) is 22.3. The third kappa shape index (κ3) is 5.64. The van der Waals surface area contributed by atoms with Gasteiger partial charge in [-0.15, -0.1) is 0 Å². The molecule has 0 radical (unpaired) electrons. The highest BCUT2D eigenvalue weighted by molar-refractivity contribution is 7.89. The standard InChI is InChI=1S/C23H20ClNO3S/c1-17-10-12-22(13-11-17)29(27,28)25-16-20(14-18-6-5-9-21(24)15-18)23(26)19-7-3-2-4-8-19/h2-15,25H,16H2,1H3/b20-14+. The lowest BCUT2D eigenvalue weighted by Gasteiger charge is -2.11. The summed E-state index contributed by atoms with van der Waals surface area (Å²) in [5, 5.41) is 0.533. The molecule has 0 bridgehead atoms. The zero-order valence-corrected chi connectivity index (χ0v) is 17.4. The predicted molar refractivity (Wildman–Crippen MR) is 117 cm³/mol. The van der Waals surface area contributed by atoms with E-state index in [1.54, 1.807) is 66.7 Å². The Kier molecular flexibility index (Phi) is 6.64. The Labute approximate surface area is 175 Å². The van der Waals surface area contributed by atoms with E-state index in [4.69, 9.17) is 11.6 Å². The molecule has 0 aliphatic heterocycles. The van der Waals surface area contributed by atoms with Crippen LogP contribution in [0.25, 0.3) is 6.08 Å². The van der Waals surface area contributed by atoms with Crippen LogP contribution in [0, 0.1) is 6.92 Å². The maximum absolute atomic E-state index is 13.0. The summed E-state index contributed by atoms with van der Waals surface area (Å²) in [7, 11) is -3.76. The summed E-state index contributed by atoms with van der Waals surface area (Å²) in [6.07, 6.45) is 1.65. The highest BCUT2D eigenvalue weighted by atomic mass is 35.5. The number of hydrogen-bond donors (Lipinski definition) is 1. The van der Waals surface area contributed by atoms with Gasteiger partial charge in [0.05, 0.1) is 4.90 Å². The van der Waals surface area contributed by atoms with Gasteiger partial charge in [0.2, 0.25) is 10.0 Å². The molecule has 0 heterocycles. The highest BCUT2D eigenvalue weighted by Gasteiger charge is 2.18. The van der Waals surface area contributed by atoms with Gasteiger partial charge in [-0.3, -0.25) is 4.79 Å². The van der Waals surface area contributed by atoms with Crippen molar-refractivity contribution in [2.75, 3.05) is 6.54 Å². The van der Waals surface area contributed by atoms with E-state index < -0.39 is 10.0 Å². The molecule has 0 atom stereocenters. The van der Waals surface area contributed by atoms with E-state index in [0.717, 1.165) is 5.56 Å². The van der Waals surface area contributed by atoms with Gasteiger partial charge in [-0.25, -0.2) is 13.1 Å². The first-order valence-electron chi connectivity index (χ1n) is 8.97. The number of hydrogen-bond acceptors (Lipinski definition) is 3. The van der Waals surface area contributed by atoms with Crippen molar-refractivity contribution >= 4 is 33.5 Å².